The summed E-state index contributed by atoms with van der Waals surface area (Å²) in [6.45, 7) is 0.450. The smallest absolute Gasteiger partial charge is 0.256 e. The summed E-state index contributed by atoms with van der Waals surface area (Å²) >= 11 is 5.78. The maximum atomic E-state index is 12.3. The summed E-state index contributed by atoms with van der Waals surface area (Å²) < 4.78 is 0. The molecule has 0 aliphatic rings. The standard InChI is InChI=1S/C13H13ClN4O/c1-18(8-9-3-2-4-16-6-9)13(19)10-5-12(14)17-7-11(10)15/h2-7H,8,15H2,1H3. The number of nitrogens with two attached hydrogens (primary N) is 1. The highest BCUT2D eigenvalue weighted by atomic mass is 35.5. The summed E-state index contributed by atoms with van der Waals surface area (Å²) in [6, 6.07) is 5.20. The number of hydrogen-bond acceptors (Lipinski definition) is 4. The van der Waals surface area contributed by atoms with E-state index >= 15 is 0 Å². The fourth-order valence-electron chi connectivity index (χ4n) is 1.67. The van der Waals surface area contributed by atoms with Gasteiger partial charge in [-0.1, -0.05) is 17.7 Å². The first kappa shape index (κ1) is 13.3. The predicted molar refractivity (Wildman–Crippen MR) is 73.7 cm³/mol. The fraction of sp³-hybridized carbons (Fsp3) is 0.154. The predicted octanol–water partition coefficient (Wildman–Crippen LogP) is 1.98. The van der Waals surface area contributed by atoms with E-state index in [4.69, 9.17) is 17.3 Å². The van der Waals surface area contributed by atoms with Gasteiger partial charge in [0.2, 0.25) is 0 Å². The van der Waals surface area contributed by atoms with Crippen LogP contribution >= 0.6 is 11.6 Å². The van der Waals surface area contributed by atoms with Gasteiger partial charge in [-0.05, 0) is 17.7 Å². The second-order valence-corrected chi connectivity index (χ2v) is 4.50. The van der Waals surface area contributed by atoms with Gasteiger partial charge in [-0.3, -0.25) is 9.78 Å². The highest BCUT2D eigenvalue weighted by Crippen LogP contribution is 2.17. The third-order valence-corrected chi connectivity index (χ3v) is 2.83. The van der Waals surface area contributed by atoms with Crippen LogP contribution in [0.25, 0.3) is 0 Å². The van der Waals surface area contributed by atoms with E-state index in [2.05, 4.69) is 9.97 Å². The van der Waals surface area contributed by atoms with Crippen LogP contribution in [-0.2, 0) is 6.54 Å². The second kappa shape index (κ2) is 5.67. The Bertz CT molecular complexity index is 588. The summed E-state index contributed by atoms with van der Waals surface area (Å²) in [4.78, 5) is 21.6. The Balaban J connectivity index is 2.17. The first-order chi connectivity index (χ1) is 9.08. The second-order valence-electron chi connectivity index (χ2n) is 4.12. The van der Waals surface area contributed by atoms with Gasteiger partial charge >= 0.3 is 0 Å². The molecule has 0 atom stereocenters. The number of hydrogen-bond donors (Lipinski definition) is 1. The van der Waals surface area contributed by atoms with Crippen molar-refractivity contribution in [3.63, 3.8) is 0 Å². The normalized spacial score (nSPS) is 10.2. The Morgan fingerprint density at radius 3 is 2.95 bits per heavy atom. The van der Waals surface area contributed by atoms with Crippen LogP contribution in [0.4, 0.5) is 5.69 Å². The minimum Gasteiger partial charge on any atom is -0.397 e. The van der Waals surface area contributed by atoms with Gasteiger partial charge in [0.15, 0.2) is 0 Å². The van der Waals surface area contributed by atoms with Gasteiger partial charge in [-0.2, -0.15) is 0 Å². The lowest BCUT2D eigenvalue weighted by atomic mass is 10.2. The van der Waals surface area contributed by atoms with Crippen LogP contribution in [0.3, 0.4) is 0 Å². The van der Waals surface area contributed by atoms with Crippen molar-refractivity contribution in [2.75, 3.05) is 12.8 Å². The monoisotopic (exact) mass is 276 g/mol. The molecular formula is C13H13ClN4O. The molecule has 0 bridgehead atoms. The number of nitrogen functional groups attached to an aromatic ring is 1. The molecule has 5 nitrogen and oxygen atoms in total. The first-order valence-electron chi connectivity index (χ1n) is 5.63. The summed E-state index contributed by atoms with van der Waals surface area (Å²) in [6.07, 6.45) is 4.78. The third kappa shape index (κ3) is 3.20. The SMILES string of the molecule is CN(Cc1cccnc1)C(=O)c1cc(Cl)ncc1N. The average molecular weight is 277 g/mol. The van der Waals surface area contributed by atoms with Crippen LogP contribution in [0.15, 0.2) is 36.8 Å². The zero-order valence-electron chi connectivity index (χ0n) is 10.4. The number of nitrogens with zero attached hydrogens (tertiary/aromatic N) is 3. The molecule has 0 saturated carbocycles. The molecule has 19 heavy (non-hydrogen) atoms. The Labute approximate surface area is 116 Å². The molecule has 2 N–H and O–H groups in total. The molecule has 0 aromatic carbocycles. The highest BCUT2D eigenvalue weighted by Gasteiger charge is 2.16. The molecule has 6 heteroatoms. The first-order valence-corrected chi connectivity index (χ1v) is 6.01. The van der Waals surface area contributed by atoms with E-state index in [1.165, 1.54) is 12.3 Å². The summed E-state index contributed by atoms with van der Waals surface area (Å²) in [7, 11) is 1.70. The minimum atomic E-state index is -0.203. The van der Waals surface area contributed by atoms with Crippen LogP contribution < -0.4 is 5.73 Å². The van der Waals surface area contributed by atoms with Crippen molar-refractivity contribution in [1.29, 1.82) is 0 Å². The van der Waals surface area contributed by atoms with Gasteiger partial charge in [-0.25, -0.2) is 4.98 Å². The molecule has 2 rings (SSSR count). The Hall–Kier alpha value is -2.14. The lowest BCUT2D eigenvalue weighted by Gasteiger charge is -2.18. The Morgan fingerprint density at radius 1 is 1.47 bits per heavy atom. The maximum Gasteiger partial charge on any atom is 0.256 e. The quantitative estimate of drug-likeness (QED) is 0.870. The molecule has 2 aromatic heterocycles. The Morgan fingerprint density at radius 2 is 2.26 bits per heavy atom. The van der Waals surface area contributed by atoms with Crippen LogP contribution in [0, 0.1) is 0 Å². The molecule has 0 fully saturated rings. The molecule has 0 aliphatic carbocycles. The molecule has 0 aliphatic heterocycles. The van der Waals surface area contributed by atoms with Gasteiger partial charge in [0.1, 0.15) is 5.15 Å². The van der Waals surface area contributed by atoms with E-state index < -0.39 is 0 Å². The van der Waals surface area contributed by atoms with Crippen molar-refractivity contribution in [2.45, 2.75) is 6.54 Å². The molecular weight excluding hydrogens is 264 g/mol. The summed E-state index contributed by atoms with van der Waals surface area (Å²) in [5.41, 5.74) is 7.35. The third-order valence-electron chi connectivity index (χ3n) is 2.62. The number of amides is 1. The average Bonchev–Trinajstić information content (AvgIpc) is 2.42. The van der Waals surface area contributed by atoms with Crippen molar-refractivity contribution in [2.24, 2.45) is 0 Å². The van der Waals surface area contributed by atoms with Gasteiger partial charge in [0.05, 0.1) is 17.4 Å². The topological polar surface area (TPSA) is 72.1 Å². The van der Waals surface area contributed by atoms with Crippen LogP contribution in [0.1, 0.15) is 15.9 Å². The van der Waals surface area contributed by atoms with Crippen molar-refractivity contribution < 1.29 is 4.79 Å². The number of pyridine rings is 2. The molecule has 0 radical (unpaired) electrons. The number of rotatable bonds is 3. The van der Waals surface area contributed by atoms with Gasteiger partial charge in [0, 0.05) is 26.0 Å². The molecule has 0 unspecified atom stereocenters. The van der Waals surface area contributed by atoms with E-state index in [1.807, 2.05) is 12.1 Å². The Kier molecular flexibility index (Phi) is 3.97. The van der Waals surface area contributed by atoms with Gasteiger partial charge < -0.3 is 10.6 Å². The van der Waals surface area contributed by atoms with E-state index in [-0.39, 0.29) is 11.1 Å². The zero-order valence-corrected chi connectivity index (χ0v) is 11.1. The van der Waals surface area contributed by atoms with E-state index in [1.54, 1.807) is 24.3 Å². The highest BCUT2D eigenvalue weighted by molar-refractivity contribution is 6.29. The zero-order chi connectivity index (χ0) is 13.8. The van der Waals surface area contributed by atoms with Crippen LogP contribution in [0.2, 0.25) is 5.15 Å². The summed E-state index contributed by atoms with van der Waals surface area (Å²) in [5, 5.41) is 0.243. The van der Waals surface area contributed by atoms with Crippen molar-refractivity contribution in [3.05, 3.63) is 53.1 Å². The van der Waals surface area contributed by atoms with Gasteiger partial charge in [-0.15, -0.1) is 0 Å². The van der Waals surface area contributed by atoms with Crippen molar-refractivity contribution in [1.82, 2.24) is 14.9 Å². The number of anilines is 1. The van der Waals surface area contributed by atoms with E-state index in [0.29, 0.717) is 17.8 Å². The number of aromatic nitrogens is 2. The molecule has 0 saturated heterocycles. The van der Waals surface area contributed by atoms with Crippen LogP contribution in [0.5, 0.6) is 0 Å². The molecule has 2 aromatic rings. The molecule has 2 heterocycles. The molecule has 98 valence electrons. The van der Waals surface area contributed by atoms with Crippen molar-refractivity contribution in [3.8, 4) is 0 Å². The van der Waals surface area contributed by atoms with Crippen LogP contribution in [-0.4, -0.2) is 27.8 Å². The molecule has 0 spiro atoms. The number of carbonyl (C=O) groups excluding carboxylic acids is 1. The number of halogens is 1. The molecule has 1 amide bonds. The maximum absolute atomic E-state index is 12.3. The summed E-state index contributed by atoms with van der Waals surface area (Å²) in [5.74, 6) is -0.203. The van der Waals surface area contributed by atoms with Crippen molar-refractivity contribution >= 4 is 23.2 Å². The lowest BCUT2D eigenvalue weighted by Crippen LogP contribution is -2.27. The van der Waals surface area contributed by atoms with E-state index in [0.717, 1.165) is 5.56 Å². The van der Waals surface area contributed by atoms with Gasteiger partial charge in [0.25, 0.3) is 5.91 Å². The minimum absolute atomic E-state index is 0.203. The van der Waals surface area contributed by atoms with E-state index in [9.17, 15) is 4.79 Å². The largest absolute Gasteiger partial charge is 0.397 e. The fourth-order valence-corrected chi connectivity index (χ4v) is 1.83. The number of carbonyl (C=O) groups is 1. The lowest BCUT2D eigenvalue weighted by molar-refractivity contribution is 0.0786.